The lowest BCUT2D eigenvalue weighted by molar-refractivity contribution is -0.137. The molecule has 5 nitrogen and oxygen atoms in total. The topological polar surface area (TPSA) is 71.7 Å². The number of hydrogen-bond acceptors (Lipinski definition) is 5. The molecule has 1 atom stereocenters. The standard InChI is InChI=1S/C29H25BrF3NO4/c30-24-15-22-23(14-17-3-9-21(10-4-17)37-13-11-20-2-1-12-34-20)27(28(36)38-26(22)16-25(24)35)18-5-7-19(8-6-18)29(31,32)33/h3-10,15-16,20,34-35H,1-2,11-14H2. The lowest BCUT2D eigenvalue weighted by Gasteiger charge is -2.15. The highest BCUT2D eigenvalue weighted by Gasteiger charge is 2.30. The van der Waals surface area contributed by atoms with Gasteiger partial charge in [-0.05, 0) is 95.2 Å². The summed E-state index contributed by atoms with van der Waals surface area (Å²) in [6.45, 7) is 1.66. The molecule has 1 aliphatic heterocycles. The number of rotatable bonds is 7. The van der Waals surface area contributed by atoms with Gasteiger partial charge in [-0.25, -0.2) is 4.79 Å². The van der Waals surface area contributed by atoms with Crippen LogP contribution in [0.25, 0.3) is 22.1 Å². The minimum Gasteiger partial charge on any atom is -0.507 e. The molecule has 38 heavy (non-hydrogen) atoms. The van der Waals surface area contributed by atoms with Crippen molar-refractivity contribution in [2.75, 3.05) is 13.2 Å². The van der Waals surface area contributed by atoms with Gasteiger partial charge in [0.1, 0.15) is 17.1 Å². The van der Waals surface area contributed by atoms with Crippen molar-refractivity contribution in [1.82, 2.24) is 5.32 Å². The van der Waals surface area contributed by atoms with E-state index in [0.717, 1.165) is 42.8 Å². The van der Waals surface area contributed by atoms with Crippen molar-refractivity contribution in [1.29, 1.82) is 0 Å². The number of fused-ring (bicyclic) bond motifs is 1. The summed E-state index contributed by atoms with van der Waals surface area (Å²) in [5, 5.41) is 14.1. The molecule has 1 aromatic heterocycles. The van der Waals surface area contributed by atoms with Crippen LogP contribution in [0.15, 0.2) is 74.3 Å². The van der Waals surface area contributed by atoms with Crippen molar-refractivity contribution in [3.63, 3.8) is 0 Å². The van der Waals surface area contributed by atoms with Gasteiger partial charge in [0.2, 0.25) is 0 Å². The largest absolute Gasteiger partial charge is 0.507 e. The molecule has 5 rings (SSSR count). The van der Waals surface area contributed by atoms with Crippen molar-refractivity contribution in [3.05, 3.63) is 92.2 Å². The first-order valence-electron chi connectivity index (χ1n) is 12.3. The highest BCUT2D eigenvalue weighted by Crippen LogP contribution is 2.36. The fourth-order valence-corrected chi connectivity index (χ4v) is 5.15. The minimum atomic E-state index is -4.49. The van der Waals surface area contributed by atoms with Gasteiger partial charge in [-0.15, -0.1) is 0 Å². The quantitative estimate of drug-likeness (QED) is 0.226. The van der Waals surface area contributed by atoms with Crippen LogP contribution in [0.1, 0.15) is 36.0 Å². The molecule has 0 spiro atoms. The molecule has 0 aliphatic carbocycles. The van der Waals surface area contributed by atoms with E-state index in [9.17, 15) is 23.1 Å². The van der Waals surface area contributed by atoms with Crippen LogP contribution in [0.4, 0.5) is 13.2 Å². The molecule has 1 unspecified atom stereocenters. The van der Waals surface area contributed by atoms with Crippen molar-refractivity contribution < 1.29 is 27.4 Å². The third-order valence-electron chi connectivity index (χ3n) is 6.79. The number of nitrogens with one attached hydrogen (secondary N) is 1. The third-order valence-corrected chi connectivity index (χ3v) is 7.42. The second-order valence-electron chi connectivity index (χ2n) is 9.37. The zero-order valence-corrected chi connectivity index (χ0v) is 21.9. The van der Waals surface area contributed by atoms with E-state index in [1.807, 2.05) is 24.3 Å². The van der Waals surface area contributed by atoms with Crippen molar-refractivity contribution in [3.8, 4) is 22.6 Å². The number of hydrogen-bond donors (Lipinski definition) is 2. The predicted octanol–water partition coefficient (Wildman–Crippen LogP) is 7.06. The molecular formula is C29H25BrF3NO4. The van der Waals surface area contributed by atoms with Gasteiger partial charge in [-0.3, -0.25) is 0 Å². The van der Waals surface area contributed by atoms with Crippen LogP contribution >= 0.6 is 15.9 Å². The second-order valence-corrected chi connectivity index (χ2v) is 10.2. The van der Waals surface area contributed by atoms with Crippen molar-refractivity contribution in [2.24, 2.45) is 0 Å². The molecule has 198 valence electrons. The summed E-state index contributed by atoms with van der Waals surface area (Å²) in [5.41, 5.74) is 0.620. The van der Waals surface area contributed by atoms with Gasteiger partial charge in [-0.2, -0.15) is 13.2 Å². The van der Waals surface area contributed by atoms with E-state index in [1.54, 1.807) is 6.07 Å². The smallest absolute Gasteiger partial charge is 0.416 e. The lowest BCUT2D eigenvalue weighted by atomic mass is 9.93. The van der Waals surface area contributed by atoms with Crippen LogP contribution in [-0.4, -0.2) is 24.3 Å². The number of phenolic OH excluding ortho intramolecular Hbond substituents is 1. The Hall–Kier alpha value is -3.30. The molecule has 1 fully saturated rings. The molecule has 0 radical (unpaired) electrons. The SMILES string of the molecule is O=c1oc2cc(O)c(Br)cc2c(Cc2ccc(OCCC3CCCN3)cc2)c1-c1ccc(C(F)(F)F)cc1. The minimum absolute atomic E-state index is 0.0943. The molecule has 4 aromatic rings. The average molecular weight is 588 g/mol. The van der Waals surface area contributed by atoms with Crippen LogP contribution in [0.5, 0.6) is 11.5 Å². The maximum atomic E-state index is 13.1. The van der Waals surface area contributed by atoms with Crippen LogP contribution in [0.2, 0.25) is 0 Å². The van der Waals surface area contributed by atoms with Gasteiger partial charge in [0.25, 0.3) is 0 Å². The number of alkyl halides is 3. The van der Waals surface area contributed by atoms with Gasteiger partial charge in [-0.1, -0.05) is 24.3 Å². The van der Waals surface area contributed by atoms with Crippen LogP contribution in [0.3, 0.4) is 0 Å². The summed E-state index contributed by atoms with van der Waals surface area (Å²) in [6, 6.07) is 15.5. The average Bonchev–Trinajstić information content (AvgIpc) is 3.40. The second kappa shape index (κ2) is 10.8. The first-order chi connectivity index (χ1) is 18.2. The fourth-order valence-electron chi connectivity index (χ4n) is 4.80. The molecule has 0 saturated carbocycles. The van der Waals surface area contributed by atoms with Gasteiger partial charge in [0, 0.05) is 17.5 Å². The molecule has 0 bridgehead atoms. The van der Waals surface area contributed by atoms with Crippen LogP contribution in [-0.2, 0) is 12.6 Å². The number of halogens is 4. The summed E-state index contributed by atoms with van der Waals surface area (Å²) < 4.78 is 51.1. The summed E-state index contributed by atoms with van der Waals surface area (Å²) >= 11 is 3.31. The Morgan fingerprint density at radius 2 is 1.82 bits per heavy atom. The summed E-state index contributed by atoms with van der Waals surface area (Å²) in [7, 11) is 0. The van der Waals surface area contributed by atoms with Crippen molar-refractivity contribution in [2.45, 2.75) is 37.9 Å². The Balaban J connectivity index is 1.48. The molecular weight excluding hydrogens is 563 g/mol. The normalized spacial score (nSPS) is 15.7. The van der Waals surface area contributed by atoms with Gasteiger partial charge in [0.05, 0.1) is 22.2 Å². The third kappa shape index (κ3) is 5.73. The lowest BCUT2D eigenvalue weighted by Crippen LogP contribution is -2.23. The fraction of sp³-hybridized carbons (Fsp3) is 0.276. The molecule has 1 saturated heterocycles. The Labute approximate surface area is 225 Å². The number of phenols is 1. The van der Waals surface area contributed by atoms with Gasteiger partial charge < -0.3 is 19.6 Å². The first kappa shape index (κ1) is 26.3. The van der Waals surface area contributed by atoms with Crippen LogP contribution < -0.4 is 15.7 Å². The molecule has 2 N–H and O–H groups in total. The molecule has 1 aliphatic rings. The molecule has 9 heteroatoms. The number of aromatic hydroxyl groups is 1. The zero-order valence-electron chi connectivity index (χ0n) is 20.3. The number of benzene rings is 3. The van der Waals surface area contributed by atoms with Gasteiger partial charge >= 0.3 is 11.8 Å². The summed E-state index contributed by atoms with van der Waals surface area (Å²) in [6.07, 6.45) is -0.893. The maximum Gasteiger partial charge on any atom is 0.416 e. The molecule has 2 heterocycles. The summed E-state index contributed by atoms with van der Waals surface area (Å²) in [4.78, 5) is 13.1. The zero-order chi connectivity index (χ0) is 26.9. The highest BCUT2D eigenvalue weighted by molar-refractivity contribution is 9.10. The predicted molar refractivity (Wildman–Crippen MR) is 143 cm³/mol. The Bertz CT molecular complexity index is 1490. The Morgan fingerprint density at radius 1 is 1.08 bits per heavy atom. The van der Waals surface area contributed by atoms with Crippen molar-refractivity contribution >= 4 is 26.9 Å². The molecule has 3 aromatic carbocycles. The van der Waals surface area contributed by atoms with E-state index in [2.05, 4.69) is 21.2 Å². The highest BCUT2D eigenvalue weighted by atomic mass is 79.9. The van der Waals surface area contributed by atoms with Gasteiger partial charge in [0.15, 0.2) is 0 Å². The Kier molecular flexibility index (Phi) is 7.49. The van der Waals surface area contributed by atoms with E-state index in [-0.39, 0.29) is 16.9 Å². The van der Waals surface area contributed by atoms with E-state index < -0.39 is 17.4 Å². The first-order valence-corrected chi connectivity index (χ1v) is 13.1. The Morgan fingerprint density at radius 3 is 2.47 bits per heavy atom. The summed E-state index contributed by atoms with van der Waals surface area (Å²) in [5.74, 6) is 0.642. The van der Waals surface area contributed by atoms with E-state index in [4.69, 9.17) is 9.15 Å². The molecule has 0 amide bonds. The van der Waals surface area contributed by atoms with E-state index in [1.165, 1.54) is 24.6 Å². The van der Waals surface area contributed by atoms with E-state index in [0.29, 0.717) is 40.1 Å². The number of ether oxygens (including phenoxy) is 1. The monoisotopic (exact) mass is 587 g/mol. The van der Waals surface area contributed by atoms with E-state index >= 15 is 0 Å². The van der Waals surface area contributed by atoms with Crippen LogP contribution in [0, 0.1) is 0 Å². The maximum absolute atomic E-state index is 13.1.